The highest BCUT2D eigenvalue weighted by molar-refractivity contribution is 6.10. The minimum absolute atomic E-state index is 0.0391. The quantitative estimate of drug-likeness (QED) is 0.633. The van der Waals surface area contributed by atoms with E-state index < -0.39 is 17.8 Å². The van der Waals surface area contributed by atoms with Gasteiger partial charge in [-0.05, 0) is 61.1 Å². The first-order chi connectivity index (χ1) is 16.6. The smallest absolute Gasteiger partial charge is 0.353 e. The minimum Gasteiger partial charge on any atom is -0.353 e. The van der Waals surface area contributed by atoms with Crippen molar-refractivity contribution in [2.24, 2.45) is 5.92 Å². The van der Waals surface area contributed by atoms with E-state index in [9.17, 15) is 27.6 Å². The molecule has 0 bridgehead atoms. The molecule has 1 fully saturated rings. The first-order valence-electron chi connectivity index (χ1n) is 11.9. The third kappa shape index (κ3) is 5.04. The van der Waals surface area contributed by atoms with Crippen LogP contribution in [0.4, 0.5) is 18.9 Å². The number of hydrogen-bond donors (Lipinski definition) is 2. The molecule has 0 saturated carbocycles. The molecule has 35 heavy (non-hydrogen) atoms. The van der Waals surface area contributed by atoms with Crippen molar-refractivity contribution in [3.63, 3.8) is 0 Å². The molecule has 0 aromatic heterocycles. The van der Waals surface area contributed by atoms with Crippen LogP contribution < -0.4 is 10.6 Å². The SMILES string of the molecule is CCC(CC)C(=O)N[C@@H]1CCN2C(=O)c3cc(-c4cccc(C(F)(F)F)c4)ccc3NC(=O)[C@@H]2C1. The average molecular weight is 488 g/mol. The number of fused-ring (bicyclic) bond motifs is 2. The number of carbonyl (C=O) groups excluding carboxylic acids is 3. The summed E-state index contributed by atoms with van der Waals surface area (Å²) in [6.45, 7) is 4.20. The molecular formula is C26H28F3N3O3. The predicted molar refractivity (Wildman–Crippen MR) is 126 cm³/mol. The van der Waals surface area contributed by atoms with E-state index in [-0.39, 0.29) is 41.8 Å². The van der Waals surface area contributed by atoms with E-state index >= 15 is 0 Å². The molecule has 4 rings (SSSR count). The fraction of sp³-hybridized carbons (Fsp3) is 0.423. The zero-order valence-corrected chi connectivity index (χ0v) is 19.6. The van der Waals surface area contributed by atoms with Gasteiger partial charge in [-0.2, -0.15) is 13.2 Å². The number of anilines is 1. The first-order valence-corrected chi connectivity index (χ1v) is 11.9. The molecular weight excluding hydrogens is 459 g/mol. The van der Waals surface area contributed by atoms with Gasteiger partial charge in [-0.3, -0.25) is 14.4 Å². The van der Waals surface area contributed by atoms with Gasteiger partial charge in [0, 0.05) is 18.5 Å². The van der Waals surface area contributed by atoms with Crippen molar-refractivity contribution in [1.82, 2.24) is 10.2 Å². The van der Waals surface area contributed by atoms with Crippen LogP contribution in [0.3, 0.4) is 0 Å². The van der Waals surface area contributed by atoms with Gasteiger partial charge in [0.1, 0.15) is 6.04 Å². The van der Waals surface area contributed by atoms with Crippen molar-refractivity contribution in [2.75, 3.05) is 11.9 Å². The second-order valence-electron chi connectivity index (χ2n) is 9.09. The van der Waals surface area contributed by atoms with Crippen LogP contribution in [0.2, 0.25) is 0 Å². The highest BCUT2D eigenvalue weighted by atomic mass is 19.4. The van der Waals surface area contributed by atoms with Crippen LogP contribution in [-0.2, 0) is 15.8 Å². The predicted octanol–water partition coefficient (Wildman–Crippen LogP) is 4.85. The van der Waals surface area contributed by atoms with Crippen LogP contribution in [0.1, 0.15) is 55.5 Å². The van der Waals surface area contributed by atoms with Gasteiger partial charge in [0.2, 0.25) is 11.8 Å². The highest BCUT2D eigenvalue weighted by Crippen LogP contribution is 2.35. The molecule has 0 unspecified atom stereocenters. The third-order valence-corrected chi connectivity index (χ3v) is 6.90. The van der Waals surface area contributed by atoms with Crippen molar-refractivity contribution >= 4 is 23.4 Å². The number of halogens is 3. The van der Waals surface area contributed by atoms with E-state index in [0.29, 0.717) is 29.7 Å². The second-order valence-corrected chi connectivity index (χ2v) is 9.09. The molecule has 6 nitrogen and oxygen atoms in total. The van der Waals surface area contributed by atoms with E-state index in [1.165, 1.54) is 17.0 Å². The monoisotopic (exact) mass is 487 g/mol. The lowest BCUT2D eigenvalue weighted by molar-refractivity contribution is -0.137. The Morgan fingerprint density at radius 3 is 2.51 bits per heavy atom. The lowest BCUT2D eigenvalue weighted by Crippen LogP contribution is -2.55. The summed E-state index contributed by atoms with van der Waals surface area (Å²) in [4.78, 5) is 40.4. The van der Waals surface area contributed by atoms with Crippen molar-refractivity contribution < 1.29 is 27.6 Å². The summed E-state index contributed by atoms with van der Waals surface area (Å²) < 4.78 is 39.5. The Bertz CT molecular complexity index is 1140. The van der Waals surface area contributed by atoms with E-state index in [1.54, 1.807) is 18.2 Å². The molecule has 0 aliphatic carbocycles. The Morgan fingerprint density at radius 2 is 1.83 bits per heavy atom. The molecule has 0 spiro atoms. The van der Waals surface area contributed by atoms with Gasteiger partial charge in [0.25, 0.3) is 5.91 Å². The number of rotatable bonds is 5. The molecule has 186 valence electrons. The number of nitrogens with zero attached hydrogens (tertiary/aromatic N) is 1. The number of nitrogens with one attached hydrogen (secondary N) is 2. The van der Waals surface area contributed by atoms with Crippen LogP contribution in [0.15, 0.2) is 42.5 Å². The molecule has 2 aromatic rings. The van der Waals surface area contributed by atoms with Crippen molar-refractivity contribution in [3.8, 4) is 11.1 Å². The van der Waals surface area contributed by atoms with Crippen LogP contribution >= 0.6 is 0 Å². The van der Waals surface area contributed by atoms with Crippen LogP contribution in [0, 0.1) is 5.92 Å². The van der Waals surface area contributed by atoms with Crippen LogP contribution in [0.5, 0.6) is 0 Å². The van der Waals surface area contributed by atoms with E-state index in [4.69, 9.17) is 0 Å². The average Bonchev–Trinajstić information content (AvgIpc) is 2.93. The molecule has 2 aromatic carbocycles. The maximum atomic E-state index is 13.4. The van der Waals surface area contributed by atoms with Gasteiger partial charge in [0.05, 0.1) is 16.8 Å². The van der Waals surface area contributed by atoms with E-state index in [0.717, 1.165) is 25.0 Å². The molecule has 2 aliphatic heterocycles. The van der Waals surface area contributed by atoms with Gasteiger partial charge in [0.15, 0.2) is 0 Å². The summed E-state index contributed by atoms with van der Waals surface area (Å²) >= 11 is 0. The first kappa shape index (κ1) is 24.8. The Balaban J connectivity index is 1.58. The lowest BCUT2D eigenvalue weighted by Gasteiger charge is -2.37. The zero-order valence-electron chi connectivity index (χ0n) is 19.6. The normalized spacial score (nSPS) is 20.1. The number of amides is 3. The maximum absolute atomic E-state index is 13.4. The Hall–Kier alpha value is -3.36. The van der Waals surface area contributed by atoms with Crippen LogP contribution in [-0.4, -0.2) is 41.2 Å². The Labute approximate surface area is 201 Å². The van der Waals surface area contributed by atoms with Crippen LogP contribution in [0.25, 0.3) is 11.1 Å². The summed E-state index contributed by atoms with van der Waals surface area (Å²) in [5.74, 6) is -0.827. The van der Waals surface area contributed by atoms with E-state index in [1.807, 2.05) is 13.8 Å². The fourth-order valence-electron chi connectivity index (χ4n) is 4.82. The molecule has 9 heteroatoms. The molecule has 2 aliphatic rings. The van der Waals surface area contributed by atoms with Gasteiger partial charge in [-0.1, -0.05) is 32.0 Å². The summed E-state index contributed by atoms with van der Waals surface area (Å²) in [6.07, 6.45) is -2.20. The number of hydrogen-bond acceptors (Lipinski definition) is 3. The van der Waals surface area contributed by atoms with Gasteiger partial charge >= 0.3 is 6.18 Å². The Morgan fingerprint density at radius 1 is 1.11 bits per heavy atom. The lowest BCUT2D eigenvalue weighted by atomic mass is 9.94. The van der Waals surface area contributed by atoms with E-state index in [2.05, 4.69) is 10.6 Å². The summed E-state index contributed by atoms with van der Waals surface area (Å²) in [7, 11) is 0. The van der Waals surface area contributed by atoms with Crippen molar-refractivity contribution in [1.29, 1.82) is 0 Å². The summed E-state index contributed by atoms with van der Waals surface area (Å²) in [5, 5.41) is 5.82. The van der Waals surface area contributed by atoms with Gasteiger partial charge in [-0.15, -0.1) is 0 Å². The molecule has 2 N–H and O–H groups in total. The van der Waals surface area contributed by atoms with Crippen molar-refractivity contribution in [3.05, 3.63) is 53.6 Å². The number of alkyl halides is 3. The standard InChI is InChI=1S/C26H28F3N3O3/c1-3-15(4-2)23(33)30-19-10-11-32-22(14-19)24(34)31-21-9-8-17(13-20(21)25(32)35)16-6-5-7-18(12-16)26(27,28)29/h5-9,12-13,15,19,22H,3-4,10-11,14H2,1-2H3,(H,30,33)(H,31,34)/t19-,22+/m1/s1. The molecule has 2 atom stereocenters. The fourth-order valence-corrected chi connectivity index (χ4v) is 4.82. The molecule has 3 amide bonds. The largest absolute Gasteiger partial charge is 0.416 e. The number of carbonyl (C=O) groups is 3. The number of piperidine rings is 1. The maximum Gasteiger partial charge on any atom is 0.416 e. The number of benzene rings is 2. The molecule has 0 radical (unpaired) electrons. The summed E-state index contributed by atoms with van der Waals surface area (Å²) in [6, 6.07) is 8.61. The summed E-state index contributed by atoms with van der Waals surface area (Å²) in [5.41, 5.74) is 0.550. The van der Waals surface area contributed by atoms with Gasteiger partial charge in [-0.25, -0.2) is 0 Å². The Kier molecular flexibility index (Phi) is 6.87. The van der Waals surface area contributed by atoms with Crippen molar-refractivity contribution in [2.45, 2.75) is 57.8 Å². The minimum atomic E-state index is -4.48. The van der Waals surface area contributed by atoms with Gasteiger partial charge < -0.3 is 15.5 Å². The highest BCUT2D eigenvalue weighted by Gasteiger charge is 2.40. The molecule has 2 heterocycles. The zero-order chi connectivity index (χ0) is 25.3. The molecule has 1 saturated heterocycles. The third-order valence-electron chi connectivity index (χ3n) is 6.90. The second kappa shape index (κ2) is 9.71. The topological polar surface area (TPSA) is 78.5 Å².